The fourth-order valence-corrected chi connectivity index (χ4v) is 3.01. The number of amides is 2. The maximum atomic E-state index is 12.5. The van der Waals surface area contributed by atoms with Crippen molar-refractivity contribution in [3.63, 3.8) is 0 Å². The third-order valence-electron chi connectivity index (χ3n) is 4.13. The molecule has 1 aliphatic heterocycles. The van der Waals surface area contributed by atoms with E-state index in [1.807, 2.05) is 13.8 Å². The first-order valence-electron chi connectivity index (χ1n) is 8.18. The number of aryl methyl sites for hydroxylation is 2. The Morgan fingerprint density at radius 2 is 2.22 bits per heavy atom. The summed E-state index contributed by atoms with van der Waals surface area (Å²) in [7, 11) is 0. The molecule has 1 fully saturated rings. The van der Waals surface area contributed by atoms with Crippen LogP contribution in [0.25, 0.3) is 0 Å². The number of aromatic nitrogens is 1. The van der Waals surface area contributed by atoms with Gasteiger partial charge in [-0.25, -0.2) is 9.59 Å². The second-order valence-corrected chi connectivity index (χ2v) is 5.73. The summed E-state index contributed by atoms with van der Waals surface area (Å²) in [4.78, 5) is 26.0. The summed E-state index contributed by atoms with van der Waals surface area (Å²) >= 11 is 0. The summed E-state index contributed by atoms with van der Waals surface area (Å²) in [5.74, 6) is 0.401. The van der Waals surface area contributed by atoms with E-state index in [2.05, 4.69) is 10.5 Å². The average molecular weight is 323 g/mol. The maximum Gasteiger partial charge on any atom is 0.328 e. The van der Waals surface area contributed by atoms with Crippen molar-refractivity contribution >= 4 is 12.0 Å². The van der Waals surface area contributed by atoms with E-state index in [0.29, 0.717) is 13.2 Å². The van der Waals surface area contributed by atoms with Crippen molar-refractivity contribution in [1.82, 2.24) is 15.4 Å². The quantitative estimate of drug-likeness (QED) is 0.841. The highest BCUT2D eigenvalue weighted by Crippen LogP contribution is 2.35. The predicted molar refractivity (Wildman–Crippen MR) is 83.9 cm³/mol. The minimum Gasteiger partial charge on any atom is -0.464 e. The normalized spacial score (nSPS) is 18.8. The van der Waals surface area contributed by atoms with Crippen LogP contribution in [0.5, 0.6) is 0 Å². The van der Waals surface area contributed by atoms with Gasteiger partial charge in [-0.05, 0) is 33.6 Å². The van der Waals surface area contributed by atoms with Crippen LogP contribution in [0.15, 0.2) is 4.52 Å². The van der Waals surface area contributed by atoms with Gasteiger partial charge < -0.3 is 19.5 Å². The number of nitrogens with one attached hydrogen (secondary N) is 1. The third-order valence-corrected chi connectivity index (χ3v) is 4.13. The Labute approximate surface area is 136 Å². The topological polar surface area (TPSA) is 84.7 Å². The number of rotatable bonds is 5. The van der Waals surface area contributed by atoms with Crippen molar-refractivity contribution in [2.75, 3.05) is 13.2 Å². The number of carbonyl (C=O) groups excluding carboxylic acids is 2. The fraction of sp³-hybridized carbons (Fsp3) is 0.688. The largest absolute Gasteiger partial charge is 0.464 e. The molecule has 2 rings (SSSR count). The molecule has 0 bridgehead atoms. The zero-order chi connectivity index (χ0) is 17.0. The van der Waals surface area contributed by atoms with Crippen LogP contribution in [0.1, 0.15) is 56.7 Å². The first kappa shape index (κ1) is 17.3. The minimum atomic E-state index is -0.669. The van der Waals surface area contributed by atoms with Gasteiger partial charge in [0.05, 0.1) is 18.3 Å². The number of esters is 1. The monoisotopic (exact) mass is 323 g/mol. The molecule has 2 heterocycles. The SMILES string of the molecule is CCOC(=O)C(C)NC(=O)N1CCCC1c1c(C)noc1CC. The Hall–Kier alpha value is -2.05. The molecule has 128 valence electrons. The highest BCUT2D eigenvalue weighted by molar-refractivity contribution is 5.83. The molecule has 7 nitrogen and oxygen atoms in total. The molecule has 0 radical (unpaired) electrons. The number of urea groups is 1. The van der Waals surface area contributed by atoms with Crippen LogP contribution in [0.2, 0.25) is 0 Å². The molecular formula is C16H25N3O4. The van der Waals surface area contributed by atoms with Crippen molar-refractivity contribution in [1.29, 1.82) is 0 Å². The molecule has 2 unspecified atom stereocenters. The van der Waals surface area contributed by atoms with Crippen LogP contribution in [-0.4, -0.2) is 41.3 Å². The average Bonchev–Trinajstić information content (AvgIpc) is 3.12. The van der Waals surface area contributed by atoms with Crippen LogP contribution in [0, 0.1) is 6.92 Å². The van der Waals surface area contributed by atoms with Crippen LogP contribution in [0.3, 0.4) is 0 Å². The minimum absolute atomic E-state index is 0.0504. The third kappa shape index (κ3) is 3.65. The lowest BCUT2D eigenvalue weighted by Gasteiger charge is -2.26. The van der Waals surface area contributed by atoms with Crippen LogP contribution < -0.4 is 5.32 Å². The lowest BCUT2D eigenvalue weighted by Crippen LogP contribution is -2.47. The van der Waals surface area contributed by atoms with Crippen molar-refractivity contribution < 1.29 is 18.8 Å². The standard InChI is InChI=1S/C16H25N3O4/c1-5-13-14(10(3)18-23-13)12-8-7-9-19(12)16(21)17-11(4)15(20)22-6-2/h11-12H,5-9H2,1-4H3,(H,17,21). The molecule has 0 spiro atoms. The molecule has 7 heteroatoms. The van der Waals surface area contributed by atoms with Gasteiger partial charge in [0, 0.05) is 18.5 Å². The summed E-state index contributed by atoms with van der Waals surface area (Å²) in [5, 5.41) is 6.75. The number of nitrogens with zero attached hydrogens (tertiary/aromatic N) is 2. The lowest BCUT2D eigenvalue weighted by molar-refractivity contribution is -0.144. The zero-order valence-corrected chi connectivity index (χ0v) is 14.2. The number of hydrogen-bond acceptors (Lipinski definition) is 5. The van der Waals surface area contributed by atoms with Crippen molar-refractivity contribution in [2.45, 2.75) is 59.0 Å². The van der Waals surface area contributed by atoms with E-state index in [4.69, 9.17) is 9.26 Å². The Kier molecular flexibility index (Phi) is 5.63. The highest BCUT2D eigenvalue weighted by atomic mass is 16.5. The predicted octanol–water partition coefficient (Wildman–Crippen LogP) is 2.34. The molecule has 0 aliphatic carbocycles. The van der Waals surface area contributed by atoms with Crippen LogP contribution in [0.4, 0.5) is 4.79 Å². The van der Waals surface area contributed by atoms with Gasteiger partial charge in [-0.2, -0.15) is 0 Å². The number of likely N-dealkylation sites (tertiary alicyclic amines) is 1. The van der Waals surface area contributed by atoms with Gasteiger partial charge in [0.25, 0.3) is 0 Å². The number of hydrogen-bond donors (Lipinski definition) is 1. The van der Waals surface area contributed by atoms with Gasteiger partial charge in [0.1, 0.15) is 11.8 Å². The fourth-order valence-electron chi connectivity index (χ4n) is 3.01. The smallest absolute Gasteiger partial charge is 0.328 e. The summed E-state index contributed by atoms with van der Waals surface area (Å²) in [6.07, 6.45) is 2.53. The van der Waals surface area contributed by atoms with Gasteiger partial charge in [0.15, 0.2) is 0 Å². The molecule has 1 N–H and O–H groups in total. The molecule has 1 saturated heterocycles. The summed E-state index contributed by atoms with van der Waals surface area (Å²) < 4.78 is 10.3. The number of carbonyl (C=O) groups is 2. The molecule has 1 aliphatic rings. The Balaban J connectivity index is 2.10. The molecule has 1 aromatic heterocycles. The van der Waals surface area contributed by atoms with Crippen LogP contribution in [-0.2, 0) is 16.0 Å². The molecule has 0 saturated carbocycles. The van der Waals surface area contributed by atoms with Gasteiger partial charge >= 0.3 is 12.0 Å². The van der Waals surface area contributed by atoms with Crippen LogP contribution >= 0.6 is 0 Å². The zero-order valence-electron chi connectivity index (χ0n) is 14.2. The van der Waals surface area contributed by atoms with Gasteiger partial charge in [-0.1, -0.05) is 12.1 Å². The van der Waals surface area contributed by atoms with E-state index in [0.717, 1.165) is 36.3 Å². The van der Waals surface area contributed by atoms with E-state index < -0.39 is 12.0 Å². The first-order chi connectivity index (χ1) is 11.0. The van der Waals surface area contributed by atoms with E-state index in [9.17, 15) is 9.59 Å². The summed E-state index contributed by atoms with van der Waals surface area (Å²) in [6.45, 7) is 8.22. The second kappa shape index (κ2) is 7.48. The van der Waals surface area contributed by atoms with Crippen molar-refractivity contribution in [3.05, 3.63) is 17.0 Å². The Morgan fingerprint density at radius 3 is 2.87 bits per heavy atom. The van der Waals surface area contributed by atoms with Gasteiger partial charge in [-0.3, -0.25) is 0 Å². The van der Waals surface area contributed by atoms with Gasteiger partial charge in [0.2, 0.25) is 0 Å². The van der Waals surface area contributed by atoms with E-state index in [1.165, 1.54) is 0 Å². The molecular weight excluding hydrogens is 298 g/mol. The second-order valence-electron chi connectivity index (χ2n) is 5.73. The summed E-state index contributed by atoms with van der Waals surface area (Å²) in [6, 6.07) is -0.973. The van der Waals surface area contributed by atoms with E-state index in [-0.39, 0.29) is 12.1 Å². The molecule has 0 aromatic carbocycles. The summed E-state index contributed by atoms with van der Waals surface area (Å²) in [5.41, 5.74) is 1.83. The first-order valence-corrected chi connectivity index (χ1v) is 8.18. The van der Waals surface area contributed by atoms with E-state index in [1.54, 1.807) is 18.7 Å². The number of ether oxygens (including phenoxy) is 1. The molecule has 23 heavy (non-hydrogen) atoms. The molecule has 1 aromatic rings. The lowest BCUT2D eigenvalue weighted by atomic mass is 10.0. The van der Waals surface area contributed by atoms with Crippen molar-refractivity contribution in [2.24, 2.45) is 0 Å². The molecule has 2 amide bonds. The van der Waals surface area contributed by atoms with Crippen molar-refractivity contribution in [3.8, 4) is 0 Å². The highest BCUT2D eigenvalue weighted by Gasteiger charge is 2.35. The maximum absolute atomic E-state index is 12.5. The van der Waals surface area contributed by atoms with E-state index >= 15 is 0 Å². The Morgan fingerprint density at radius 1 is 1.48 bits per heavy atom. The molecule has 2 atom stereocenters. The van der Waals surface area contributed by atoms with Gasteiger partial charge in [-0.15, -0.1) is 0 Å². The Bertz CT molecular complexity index is 570.